The van der Waals surface area contributed by atoms with E-state index in [4.69, 9.17) is 14.6 Å². The highest BCUT2D eigenvalue weighted by Crippen LogP contribution is 2.32. The molecule has 4 aromatic rings. The molecule has 4 aliphatic rings. The van der Waals surface area contributed by atoms with Crippen LogP contribution >= 0.6 is 0 Å². The van der Waals surface area contributed by atoms with Gasteiger partial charge in [0.05, 0.1) is 35.0 Å². The summed E-state index contributed by atoms with van der Waals surface area (Å²) in [6, 6.07) is 7.45. The minimum atomic E-state index is -0.500. The molecule has 0 saturated carbocycles. The number of rotatable bonds is 14. The van der Waals surface area contributed by atoms with Gasteiger partial charge in [-0.1, -0.05) is 4.68 Å². The Morgan fingerprint density at radius 3 is 2.05 bits per heavy atom. The van der Waals surface area contributed by atoms with Crippen molar-refractivity contribution in [2.45, 2.75) is 83.5 Å². The Morgan fingerprint density at radius 2 is 1.38 bits per heavy atom. The first-order valence-electron chi connectivity index (χ1n) is 21.7. The van der Waals surface area contributed by atoms with E-state index in [1.807, 2.05) is 23.0 Å². The molecule has 0 bridgehead atoms. The lowest BCUT2D eigenvalue weighted by molar-refractivity contribution is -0.764. The van der Waals surface area contributed by atoms with Crippen molar-refractivity contribution in [3.63, 3.8) is 0 Å². The van der Waals surface area contributed by atoms with E-state index in [2.05, 4.69) is 82.8 Å². The van der Waals surface area contributed by atoms with E-state index in [0.29, 0.717) is 79.0 Å². The van der Waals surface area contributed by atoms with Crippen LogP contribution in [0.4, 0.5) is 23.0 Å². The van der Waals surface area contributed by atoms with E-state index in [0.717, 1.165) is 82.6 Å². The van der Waals surface area contributed by atoms with Gasteiger partial charge in [-0.15, -0.1) is 5.10 Å². The minimum absolute atomic E-state index is 0.0468. The van der Waals surface area contributed by atoms with Crippen molar-refractivity contribution in [2.75, 3.05) is 73.7 Å². The summed E-state index contributed by atoms with van der Waals surface area (Å²) >= 11 is 0. The minimum Gasteiger partial charge on any atom is -0.383 e. The van der Waals surface area contributed by atoms with Gasteiger partial charge in [0.15, 0.2) is 5.69 Å². The third-order valence-corrected chi connectivity index (χ3v) is 12.1. The molecule has 0 spiro atoms. The maximum Gasteiger partial charge on any atom is 0.229 e. The first-order valence-corrected chi connectivity index (χ1v) is 21.7. The summed E-state index contributed by atoms with van der Waals surface area (Å²) < 4.78 is 14.4. The van der Waals surface area contributed by atoms with Crippen molar-refractivity contribution in [3.8, 4) is 22.8 Å². The summed E-state index contributed by atoms with van der Waals surface area (Å²) in [5, 5.41) is 33.4. The average molecular weight is 836 g/mol. The van der Waals surface area contributed by atoms with E-state index >= 15 is 0 Å². The molecule has 4 fully saturated rings. The number of ether oxygens (including phenoxy) is 2. The van der Waals surface area contributed by atoms with Gasteiger partial charge in [-0.05, 0) is 96.7 Å². The average Bonchev–Trinajstić information content (AvgIpc) is 3.81. The third kappa shape index (κ3) is 11.5. The molecule has 8 rings (SSSR count). The lowest BCUT2D eigenvalue weighted by Gasteiger charge is -2.36. The lowest BCUT2D eigenvalue weighted by Crippen LogP contribution is -2.53. The van der Waals surface area contributed by atoms with E-state index in [-0.39, 0.29) is 29.3 Å². The van der Waals surface area contributed by atoms with Crippen LogP contribution in [0.15, 0.2) is 49.3 Å². The Hall–Kier alpha value is -5.30. The Balaban J connectivity index is 0.936. The molecule has 2 amide bonds. The van der Waals surface area contributed by atoms with E-state index in [1.165, 1.54) is 12.7 Å². The number of carbonyl (C=O) groups is 2. The fourth-order valence-electron chi connectivity index (χ4n) is 8.90. The zero-order valence-electron chi connectivity index (χ0n) is 35.5. The predicted molar refractivity (Wildman–Crippen MR) is 229 cm³/mol. The van der Waals surface area contributed by atoms with Crippen molar-refractivity contribution in [1.82, 2.24) is 45.9 Å². The van der Waals surface area contributed by atoms with Crippen LogP contribution in [0.2, 0.25) is 0 Å². The molecule has 0 aliphatic carbocycles. The Bertz CT molecular complexity index is 2150. The SMILES string of the molecule is CC1(C)CC(CNc2cc(-c3cc(NC(=O)C4CCNC4)ncn3)n[n+](CC3(C)CC(CNc4cnnc(-c5cc(NC(=O)C6CCCNC6)ncn5)c4)CCO3)c2)CCO1. The lowest BCUT2D eigenvalue weighted by atomic mass is 9.87. The Morgan fingerprint density at radius 1 is 0.738 bits per heavy atom. The van der Waals surface area contributed by atoms with Crippen LogP contribution in [0.5, 0.6) is 0 Å². The van der Waals surface area contributed by atoms with E-state index < -0.39 is 5.60 Å². The molecule has 5 unspecified atom stereocenters. The van der Waals surface area contributed by atoms with Gasteiger partial charge in [0.2, 0.25) is 24.6 Å². The summed E-state index contributed by atoms with van der Waals surface area (Å²) in [6.07, 6.45) is 13.0. The van der Waals surface area contributed by atoms with Gasteiger partial charge >= 0.3 is 0 Å². The van der Waals surface area contributed by atoms with E-state index in [1.54, 1.807) is 18.3 Å². The van der Waals surface area contributed by atoms with Crippen LogP contribution < -0.4 is 36.6 Å². The molecule has 4 aliphatic heterocycles. The van der Waals surface area contributed by atoms with Crippen LogP contribution in [0, 0.1) is 23.7 Å². The van der Waals surface area contributed by atoms with Gasteiger partial charge in [-0.25, -0.2) is 19.9 Å². The van der Waals surface area contributed by atoms with Crippen LogP contribution in [0.3, 0.4) is 0 Å². The number of piperidine rings is 1. The molecular formula is C43H59N14O4+. The number of aromatic nitrogens is 8. The van der Waals surface area contributed by atoms with Crippen LogP contribution in [-0.4, -0.2) is 111 Å². The smallest absolute Gasteiger partial charge is 0.229 e. The number of anilines is 4. The highest BCUT2D eigenvalue weighted by molar-refractivity contribution is 5.93. The molecular weight excluding hydrogens is 777 g/mol. The van der Waals surface area contributed by atoms with Gasteiger partial charge < -0.3 is 41.4 Å². The summed E-state index contributed by atoms with van der Waals surface area (Å²) in [5.41, 5.74) is 3.53. The molecule has 18 nitrogen and oxygen atoms in total. The maximum atomic E-state index is 12.9. The van der Waals surface area contributed by atoms with E-state index in [9.17, 15) is 9.59 Å². The quantitative estimate of drug-likeness (QED) is 0.100. The standard InChI is InChI=1S/C43H58N14O4/c1-42(2)17-28(7-11-60-42)19-47-33-14-37(35-16-39(51-27-49-35)54-41(59)31-6-10-45-22-31)56-57(24-33)25-43(3)18-29(8-12-61-43)20-46-32-13-36(55-52-23-32)34-15-38(50-26-48-34)53-40(58)30-5-4-9-44-21-30/h13-16,23-24,26-31,44-45H,4-12,17-22,25H2,1-3H3,(H3-,46,47,48,49,50,51,53,54,55,56,58,59)/p+1. The number of nitrogens with zero attached hydrogens (tertiary/aromatic N) is 8. The zero-order chi connectivity index (χ0) is 42.2. The molecule has 5 atom stereocenters. The molecule has 0 radical (unpaired) electrons. The monoisotopic (exact) mass is 835 g/mol. The molecule has 324 valence electrons. The summed E-state index contributed by atoms with van der Waals surface area (Å²) in [4.78, 5) is 43.4. The third-order valence-electron chi connectivity index (χ3n) is 12.1. The van der Waals surface area contributed by atoms with Crippen LogP contribution in [0.1, 0.15) is 65.7 Å². The number of hydrogen-bond donors (Lipinski definition) is 6. The summed E-state index contributed by atoms with van der Waals surface area (Å²) in [5.74, 6) is 1.40. The number of carbonyl (C=O) groups excluding carboxylic acids is 2. The second kappa shape index (κ2) is 19.2. The number of amides is 2. The van der Waals surface area contributed by atoms with Gasteiger partial charge in [0.25, 0.3) is 0 Å². The Labute approximate surface area is 356 Å². The van der Waals surface area contributed by atoms with Crippen LogP contribution in [0.25, 0.3) is 22.8 Å². The van der Waals surface area contributed by atoms with Crippen molar-refractivity contribution >= 4 is 34.8 Å². The number of nitrogens with one attached hydrogen (secondary N) is 6. The second-order valence-electron chi connectivity index (χ2n) is 17.8. The first-order chi connectivity index (χ1) is 29.5. The van der Waals surface area contributed by atoms with Crippen molar-refractivity contribution in [2.24, 2.45) is 23.7 Å². The predicted octanol–water partition coefficient (Wildman–Crippen LogP) is 3.47. The second-order valence-corrected chi connectivity index (χ2v) is 17.8. The summed E-state index contributed by atoms with van der Waals surface area (Å²) in [7, 11) is 0. The van der Waals surface area contributed by atoms with Gasteiger partial charge in [-0.2, -0.15) is 5.10 Å². The molecule has 8 heterocycles. The van der Waals surface area contributed by atoms with Crippen molar-refractivity contribution in [1.29, 1.82) is 0 Å². The van der Waals surface area contributed by atoms with Crippen molar-refractivity contribution in [3.05, 3.63) is 49.3 Å². The summed E-state index contributed by atoms with van der Waals surface area (Å²) in [6.45, 7) is 13.0. The molecule has 4 aromatic heterocycles. The normalized spacial score (nSPS) is 25.0. The van der Waals surface area contributed by atoms with Crippen LogP contribution in [-0.2, 0) is 25.6 Å². The fourth-order valence-corrected chi connectivity index (χ4v) is 8.90. The van der Waals surface area contributed by atoms with Gasteiger partial charge in [-0.3, -0.25) is 9.59 Å². The zero-order valence-corrected chi connectivity index (χ0v) is 35.5. The maximum absolute atomic E-state index is 12.9. The van der Waals surface area contributed by atoms with Gasteiger partial charge in [0.1, 0.15) is 47.0 Å². The number of hydrogen-bond acceptors (Lipinski definition) is 15. The topological polar surface area (TPSA) is 219 Å². The molecule has 61 heavy (non-hydrogen) atoms. The molecule has 18 heteroatoms. The highest BCUT2D eigenvalue weighted by Gasteiger charge is 2.38. The fraction of sp³-hybridized carbons (Fsp3) is 0.581. The Kier molecular flexibility index (Phi) is 13.3. The molecule has 4 saturated heterocycles. The first kappa shape index (κ1) is 42.4. The highest BCUT2D eigenvalue weighted by atomic mass is 16.5. The molecule has 0 aromatic carbocycles. The largest absolute Gasteiger partial charge is 0.383 e. The van der Waals surface area contributed by atoms with Crippen molar-refractivity contribution < 1.29 is 23.7 Å². The molecule has 6 N–H and O–H groups in total. The van der Waals surface area contributed by atoms with Gasteiger partial charge in [0, 0.05) is 62.7 Å².